The van der Waals surface area contributed by atoms with Crippen LogP contribution >= 0.6 is 11.6 Å². The third-order valence-corrected chi connectivity index (χ3v) is 5.24. The lowest BCUT2D eigenvalue weighted by molar-refractivity contribution is 0.0896. The largest absolute Gasteiger partial charge is 0.495 e. The summed E-state index contributed by atoms with van der Waals surface area (Å²) < 4.78 is 5.13. The lowest BCUT2D eigenvalue weighted by Crippen LogP contribution is -2.38. The molecule has 2 aliphatic rings. The van der Waals surface area contributed by atoms with Gasteiger partial charge in [-0.1, -0.05) is 24.4 Å². The number of carbonyl (C=O) groups excluding carboxylic acids is 1. The van der Waals surface area contributed by atoms with Crippen LogP contribution in [0.15, 0.2) is 18.2 Å². The molecule has 0 bridgehead atoms. The Balaban J connectivity index is 1.67. The molecule has 3 nitrogen and oxygen atoms in total. The standard InChI is InChI=1S/C17H22ClNO2/c1-21-17-7-6-13(10-14(17)18)16(20)11-19-9-8-12-4-2-3-5-15(12)19/h6-7,10,12,15H,2-5,8-9,11H2,1H3. The summed E-state index contributed by atoms with van der Waals surface area (Å²) in [5, 5.41) is 0.500. The number of rotatable bonds is 4. The number of ether oxygens (including phenoxy) is 1. The molecule has 1 heterocycles. The van der Waals surface area contributed by atoms with E-state index in [9.17, 15) is 4.79 Å². The average Bonchev–Trinajstić information content (AvgIpc) is 2.90. The maximum absolute atomic E-state index is 12.5. The molecule has 1 aromatic carbocycles. The Morgan fingerprint density at radius 3 is 2.90 bits per heavy atom. The van der Waals surface area contributed by atoms with Crippen molar-refractivity contribution in [1.29, 1.82) is 0 Å². The number of Topliss-reactive ketones (excluding diaryl/α,β-unsaturated/α-hetero) is 1. The summed E-state index contributed by atoms with van der Waals surface area (Å²) in [4.78, 5) is 14.9. The van der Waals surface area contributed by atoms with E-state index in [0.29, 0.717) is 28.9 Å². The molecule has 21 heavy (non-hydrogen) atoms. The molecule has 1 saturated carbocycles. The van der Waals surface area contributed by atoms with Crippen LogP contribution in [0.25, 0.3) is 0 Å². The molecule has 2 fully saturated rings. The summed E-state index contributed by atoms with van der Waals surface area (Å²) in [7, 11) is 1.58. The number of hydrogen-bond donors (Lipinski definition) is 0. The lowest BCUT2D eigenvalue weighted by atomic mass is 9.85. The van der Waals surface area contributed by atoms with Gasteiger partial charge in [-0.3, -0.25) is 9.69 Å². The van der Waals surface area contributed by atoms with E-state index >= 15 is 0 Å². The van der Waals surface area contributed by atoms with Crippen molar-refractivity contribution in [1.82, 2.24) is 4.90 Å². The zero-order valence-corrected chi connectivity index (χ0v) is 13.2. The zero-order valence-electron chi connectivity index (χ0n) is 12.5. The van der Waals surface area contributed by atoms with Crippen molar-refractivity contribution < 1.29 is 9.53 Å². The minimum absolute atomic E-state index is 0.158. The number of benzene rings is 1. The van der Waals surface area contributed by atoms with Gasteiger partial charge >= 0.3 is 0 Å². The number of nitrogens with zero attached hydrogens (tertiary/aromatic N) is 1. The van der Waals surface area contributed by atoms with Crippen LogP contribution in [-0.2, 0) is 0 Å². The molecule has 0 spiro atoms. The molecule has 0 amide bonds. The molecule has 2 unspecified atom stereocenters. The molecule has 1 saturated heterocycles. The minimum Gasteiger partial charge on any atom is -0.495 e. The first-order valence-electron chi connectivity index (χ1n) is 7.80. The number of methoxy groups -OCH3 is 1. The molecule has 114 valence electrons. The number of likely N-dealkylation sites (tertiary alicyclic amines) is 1. The van der Waals surface area contributed by atoms with Crippen LogP contribution in [0.2, 0.25) is 5.02 Å². The summed E-state index contributed by atoms with van der Waals surface area (Å²) in [5.41, 5.74) is 0.681. The topological polar surface area (TPSA) is 29.5 Å². The highest BCUT2D eigenvalue weighted by Crippen LogP contribution is 2.36. The van der Waals surface area contributed by atoms with Gasteiger partial charge in [0.2, 0.25) is 0 Å². The summed E-state index contributed by atoms with van der Waals surface area (Å²) in [5.74, 6) is 1.58. The number of carbonyl (C=O) groups is 1. The fourth-order valence-corrected chi connectivity index (χ4v) is 4.07. The highest BCUT2D eigenvalue weighted by Gasteiger charge is 2.36. The van der Waals surface area contributed by atoms with Gasteiger partial charge in [-0.25, -0.2) is 0 Å². The number of ketones is 1. The van der Waals surface area contributed by atoms with Crippen molar-refractivity contribution in [3.8, 4) is 5.75 Å². The number of hydrogen-bond acceptors (Lipinski definition) is 3. The van der Waals surface area contributed by atoms with Gasteiger partial charge in [-0.05, 0) is 49.9 Å². The summed E-state index contributed by atoms with van der Waals surface area (Å²) in [6.07, 6.45) is 6.50. The van der Waals surface area contributed by atoms with Crippen LogP contribution in [-0.4, -0.2) is 36.9 Å². The summed E-state index contributed by atoms with van der Waals surface area (Å²) in [6.45, 7) is 1.58. The van der Waals surface area contributed by atoms with E-state index in [0.717, 1.165) is 12.5 Å². The first-order chi connectivity index (χ1) is 10.2. The van der Waals surface area contributed by atoms with E-state index in [-0.39, 0.29) is 5.78 Å². The second-order valence-corrected chi connectivity index (χ2v) is 6.55. The van der Waals surface area contributed by atoms with Crippen LogP contribution in [0.4, 0.5) is 0 Å². The van der Waals surface area contributed by atoms with Gasteiger partial charge in [0, 0.05) is 11.6 Å². The first-order valence-corrected chi connectivity index (χ1v) is 8.17. The van der Waals surface area contributed by atoms with Gasteiger partial charge in [0.1, 0.15) is 5.75 Å². The van der Waals surface area contributed by atoms with E-state index < -0.39 is 0 Å². The monoisotopic (exact) mass is 307 g/mol. The van der Waals surface area contributed by atoms with Crippen LogP contribution in [0.5, 0.6) is 5.75 Å². The fraction of sp³-hybridized carbons (Fsp3) is 0.588. The van der Waals surface area contributed by atoms with Crippen molar-refractivity contribution >= 4 is 17.4 Å². The SMILES string of the molecule is COc1ccc(C(=O)CN2CCC3CCCCC32)cc1Cl. The van der Waals surface area contributed by atoms with Crippen molar-refractivity contribution in [2.75, 3.05) is 20.2 Å². The van der Waals surface area contributed by atoms with Gasteiger partial charge in [0.15, 0.2) is 5.78 Å². The number of halogens is 1. The molecule has 0 radical (unpaired) electrons. The molecular formula is C17H22ClNO2. The average molecular weight is 308 g/mol. The zero-order chi connectivity index (χ0) is 14.8. The smallest absolute Gasteiger partial charge is 0.176 e. The molecule has 1 aliphatic heterocycles. The Hall–Kier alpha value is -1.06. The van der Waals surface area contributed by atoms with Gasteiger partial charge in [-0.2, -0.15) is 0 Å². The van der Waals surface area contributed by atoms with Gasteiger partial charge < -0.3 is 4.74 Å². The van der Waals surface area contributed by atoms with E-state index in [4.69, 9.17) is 16.3 Å². The maximum atomic E-state index is 12.5. The number of fused-ring (bicyclic) bond motifs is 1. The van der Waals surface area contributed by atoms with E-state index in [1.807, 2.05) is 6.07 Å². The van der Waals surface area contributed by atoms with Gasteiger partial charge in [0.25, 0.3) is 0 Å². The highest BCUT2D eigenvalue weighted by molar-refractivity contribution is 6.32. The molecule has 0 N–H and O–H groups in total. The minimum atomic E-state index is 0.158. The first kappa shape index (κ1) is 14.9. The third kappa shape index (κ3) is 3.09. The normalized spacial score (nSPS) is 25.6. The Kier molecular flexibility index (Phi) is 4.51. The highest BCUT2D eigenvalue weighted by atomic mass is 35.5. The van der Waals surface area contributed by atoms with Crippen molar-refractivity contribution in [2.45, 2.75) is 38.1 Å². The fourth-order valence-electron chi connectivity index (χ4n) is 3.81. The lowest BCUT2D eigenvalue weighted by Gasteiger charge is -2.31. The van der Waals surface area contributed by atoms with Crippen LogP contribution in [0, 0.1) is 5.92 Å². The van der Waals surface area contributed by atoms with E-state index in [2.05, 4.69) is 4.90 Å². The molecule has 1 aliphatic carbocycles. The van der Waals surface area contributed by atoms with Gasteiger partial charge in [-0.15, -0.1) is 0 Å². The van der Waals surface area contributed by atoms with Crippen LogP contribution in [0.3, 0.4) is 0 Å². The quantitative estimate of drug-likeness (QED) is 0.793. The van der Waals surface area contributed by atoms with Crippen molar-refractivity contribution in [2.24, 2.45) is 5.92 Å². The Morgan fingerprint density at radius 1 is 1.33 bits per heavy atom. The second-order valence-electron chi connectivity index (χ2n) is 6.14. The summed E-state index contributed by atoms with van der Waals surface area (Å²) >= 11 is 6.11. The predicted molar refractivity (Wildman–Crippen MR) is 84.3 cm³/mol. The molecule has 3 rings (SSSR count). The van der Waals surface area contributed by atoms with Gasteiger partial charge in [0.05, 0.1) is 18.7 Å². The van der Waals surface area contributed by atoms with Crippen LogP contribution in [0.1, 0.15) is 42.5 Å². The third-order valence-electron chi connectivity index (χ3n) is 4.95. The maximum Gasteiger partial charge on any atom is 0.176 e. The van der Waals surface area contributed by atoms with E-state index in [1.165, 1.54) is 32.1 Å². The van der Waals surface area contributed by atoms with Crippen molar-refractivity contribution in [3.05, 3.63) is 28.8 Å². The van der Waals surface area contributed by atoms with Crippen LogP contribution < -0.4 is 4.74 Å². The molecule has 2 atom stereocenters. The van der Waals surface area contributed by atoms with E-state index in [1.54, 1.807) is 19.2 Å². The van der Waals surface area contributed by atoms with Crippen molar-refractivity contribution in [3.63, 3.8) is 0 Å². The Morgan fingerprint density at radius 2 is 2.14 bits per heavy atom. The Bertz CT molecular complexity index is 532. The predicted octanol–water partition coefficient (Wildman–Crippen LogP) is 3.80. The summed E-state index contributed by atoms with van der Waals surface area (Å²) in [6, 6.07) is 5.91. The Labute approximate surface area is 131 Å². The molecular weight excluding hydrogens is 286 g/mol. The molecule has 1 aromatic rings. The molecule has 4 heteroatoms. The molecule has 0 aromatic heterocycles. The second kappa shape index (κ2) is 6.37.